The van der Waals surface area contributed by atoms with Gasteiger partial charge in [-0.05, 0) is 12.8 Å². The number of Topliss-reactive ketones (excluding diaryl/α,β-unsaturated/α-hetero) is 1. The summed E-state index contributed by atoms with van der Waals surface area (Å²) < 4.78 is 11.7. The standard InChI is InChI=1S/C19H23NO5/c1-2-3-11-24-18-12-14(13-7-4-5-8-15(13)20(22)23)19-16(21)9-6-10-17(19)25-18/h4-5,7-8,14,18H,2-3,6,9-12H2,1H3. The number of unbranched alkanes of at least 4 members (excludes halogenated alkanes) is 1. The number of benzene rings is 1. The van der Waals surface area contributed by atoms with Crippen molar-refractivity contribution in [3.8, 4) is 0 Å². The Morgan fingerprint density at radius 2 is 2.12 bits per heavy atom. The molecule has 1 aliphatic heterocycles. The van der Waals surface area contributed by atoms with Gasteiger partial charge >= 0.3 is 0 Å². The van der Waals surface area contributed by atoms with Crippen molar-refractivity contribution in [2.24, 2.45) is 0 Å². The van der Waals surface area contributed by atoms with Gasteiger partial charge in [0.25, 0.3) is 5.69 Å². The molecule has 0 radical (unpaired) electrons. The van der Waals surface area contributed by atoms with E-state index in [1.54, 1.807) is 18.2 Å². The van der Waals surface area contributed by atoms with E-state index in [1.165, 1.54) is 6.07 Å². The Morgan fingerprint density at radius 3 is 2.88 bits per heavy atom. The molecule has 25 heavy (non-hydrogen) atoms. The topological polar surface area (TPSA) is 78.7 Å². The summed E-state index contributed by atoms with van der Waals surface area (Å²) in [5, 5.41) is 11.4. The average Bonchev–Trinajstić information content (AvgIpc) is 2.61. The number of nitro benzene ring substituents is 1. The van der Waals surface area contributed by atoms with Crippen molar-refractivity contribution in [3.63, 3.8) is 0 Å². The van der Waals surface area contributed by atoms with E-state index in [9.17, 15) is 14.9 Å². The molecule has 134 valence electrons. The van der Waals surface area contributed by atoms with Crippen LogP contribution in [0.25, 0.3) is 0 Å². The van der Waals surface area contributed by atoms with Crippen LogP contribution in [-0.4, -0.2) is 23.6 Å². The number of hydrogen-bond acceptors (Lipinski definition) is 5. The molecule has 0 amide bonds. The number of allylic oxidation sites excluding steroid dienone is 2. The lowest BCUT2D eigenvalue weighted by molar-refractivity contribution is -0.385. The number of rotatable bonds is 6. The first-order chi connectivity index (χ1) is 12.1. The maximum atomic E-state index is 12.5. The molecule has 0 saturated carbocycles. The third kappa shape index (κ3) is 3.74. The van der Waals surface area contributed by atoms with Crippen LogP contribution in [0.4, 0.5) is 5.69 Å². The molecule has 2 unspecified atom stereocenters. The van der Waals surface area contributed by atoms with Crippen LogP contribution < -0.4 is 0 Å². The summed E-state index contributed by atoms with van der Waals surface area (Å²) in [6.45, 7) is 2.67. The SMILES string of the molecule is CCCCOC1CC(c2ccccc2[N+](=O)[O-])C2=C(CCCC2=O)O1. The van der Waals surface area contributed by atoms with Crippen LogP contribution in [0.3, 0.4) is 0 Å². The number of ketones is 1. The first kappa shape index (κ1) is 17.6. The van der Waals surface area contributed by atoms with Gasteiger partial charge < -0.3 is 9.47 Å². The molecule has 6 nitrogen and oxygen atoms in total. The molecular weight excluding hydrogens is 322 g/mol. The second-order valence-electron chi connectivity index (χ2n) is 6.49. The molecule has 3 rings (SSSR count). The third-order valence-electron chi connectivity index (χ3n) is 4.77. The highest BCUT2D eigenvalue weighted by atomic mass is 16.7. The van der Waals surface area contributed by atoms with Gasteiger partial charge in [0.05, 0.1) is 11.5 Å². The molecule has 1 heterocycles. The first-order valence-electron chi connectivity index (χ1n) is 8.89. The van der Waals surface area contributed by atoms with Crippen LogP contribution in [0.5, 0.6) is 0 Å². The molecule has 0 aromatic heterocycles. The van der Waals surface area contributed by atoms with Gasteiger partial charge in [-0.3, -0.25) is 14.9 Å². The van der Waals surface area contributed by atoms with Crippen molar-refractivity contribution >= 4 is 11.5 Å². The molecule has 1 aromatic carbocycles. The highest BCUT2D eigenvalue weighted by Gasteiger charge is 2.39. The minimum Gasteiger partial charge on any atom is -0.469 e. The van der Waals surface area contributed by atoms with Crippen LogP contribution in [0, 0.1) is 10.1 Å². The maximum absolute atomic E-state index is 12.5. The summed E-state index contributed by atoms with van der Waals surface area (Å²) >= 11 is 0. The molecule has 0 spiro atoms. The van der Waals surface area contributed by atoms with Crippen molar-refractivity contribution in [1.82, 2.24) is 0 Å². The molecule has 0 saturated heterocycles. The van der Waals surface area contributed by atoms with Gasteiger partial charge in [-0.1, -0.05) is 31.5 Å². The Morgan fingerprint density at radius 1 is 1.32 bits per heavy atom. The monoisotopic (exact) mass is 345 g/mol. The molecule has 0 bridgehead atoms. The van der Waals surface area contributed by atoms with Crippen LogP contribution in [0.15, 0.2) is 35.6 Å². The van der Waals surface area contributed by atoms with Gasteiger partial charge in [0.2, 0.25) is 0 Å². The van der Waals surface area contributed by atoms with E-state index >= 15 is 0 Å². The van der Waals surface area contributed by atoms with Gasteiger partial charge in [0.1, 0.15) is 5.76 Å². The minimum absolute atomic E-state index is 0.0383. The number of para-hydroxylation sites is 1. The van der Waals surface area contributed by atoms with E-state index in [-0.39, 0.29) is 22.3 Å². The Bertz CT molecular complexity index is 697. The Labute approximate surface area is 147 Å². The fourth-order valence-electron chi connectivity index (χ4n) is 3.55. The van der Waals surface area contributed by atoms with E-state index in [4.69, 9.17) is 9.47 Å². The molecule has 1 aliphatic carbocycles. The van der Waals surface area contributed by atoms with Gasteiger partial charge in [0, 0.05) is 42.4 Å². The molecule has 0 N–H and O–H groups in total. The lowest BCUT2D eigenvalue weighted by atomic mass is 9.79. The fourth-order valence-corrected chi connectivity index (χ4v) is 3.55. The molecular formula is C19H23NO5. The normalized spacial score (nSPS) is 23.2. The van der Waals surface area contributed by atoms with E-state index < -0.39 is 6.29 Å². The number of nitro groups is 1. The predicted molar refractivity (Wildman–Crippen MR) is 92.1 cm³/mol. The number of hydrogen-bond donors (Lipinski definition) is 0. The summed E-state index contributed by atoms with van der Waals surface area (Å²) in [7, 11) is 0. The van der Waals surface area contributed by atoms with Gasteiger partial charge in [-0.15, -0.1) is 0 Å². The smallest absolute Gasteiger partial charge is 0.273 e. The second kappa shape index (κ2) is 7.78. The molecule has 6 heteroatoms. The van der Waals surface area contributed by atoms with Gasteiger partial charge in [-0.25, -0.2) is 0 Å². The number of ether oxygens (including phenoxy) is 2. The molecule has 2 aliphatic rings. The lowest BCUT2D eigenvalue weighted by Crippen LogP contribution is -2.32. The summed E-state index contributed by atoms with van der Waals surface area (Å²) in [5.74, 6) is 0.355. The Hall–Kier alpha value is -2.21. The summed E-state index contributed by atoms with van der Waals surface area (Å²) in [5.41, 5.74) is 1.23. The van der Waals surface area contributed by atoms with Crippen molar-refractivity contribution in [2.75, 3.05) is 6.61 Å². The molecule has 0 fully saturated rings. The van der Waals surface area contributed by atoms with Crippen molar-refractivity contribution in [2.45, 2.75) is 57.7 Å². The van der Waals surface area contributed by atoms with E-state index in [2.05, 4.69) is 6.92 Å². The van der Waals surface area contributed by atoms with Crippen LogP contribution >= 0.6 is 0 Å². The zero-order chi connectivity index (χ0) is 17.8. The highest BCUT2D eigenvalue weighted by Crippen LogP contribution is 2.44. The molecule has 2 atom stereocenters. The number of carbonyl (C=O) groups excluding carboxylic acids is 1. The maximum Gasteiger partial charge on any atom is 0.273 e. The lowest BCUT2D eigenvalue weighted by Gasteiger charge is -2.35. The third-order valence-corrected chi connectivity index (χ3v) is 4.77. The summed E-state index contributed by atoms with van der Waals surface area (Å²) in [6.07, 6.45) is 3.84. The number of carbonyl (C=O) groups is 1. The molecule has 1 aromatic rings. The van der Waals surface area contributed by atoms with E-state index in [0.29, 0.717) is 42.8 Å². The largest absolute Gasteiger partial charge is 0.469 e. The van der Waals surface area contributed by atoms with Crippen LogP contribution in [0.2, 0.25) is 0 Å². The van der Waals surface area contributed by atoms with E-state index in [1.807, 2.05) is 0 Å². The summed E-state index contributed by atoms with van der Waals surface area (Å²) in [4.78, 5) is 23.6. The van der Waals surface area contributed by atoms with Gasteiger partial charge in [0.15, 0.2) is 12.1 Å². The quantitative estimate of drug-likeness (QED) is 0.437. The number of nitrogens with zero attached hydrogens (tertiary/aromatic N) is 1. The first-order valence-corrected chi connectivity index (χ1v) is 8.89. The second-order valence-corrected chi connectivity index (χ2v) is 6.49. The average molecular weight is 345 g/mol. The Kier molecular flexibility index (Phi) is 5.48. The Balaban J connectivity index is 1.97. The highest BCUT2D eigenvalue weighted by molar-refractivity contribution is 5.98. The zero-order valence-electron chi connectivity index (χ0n) is 14.4. The van der Waals surface area contributed by atoms with Crippen LogP contribution in [0.1, 0.15) is 56.9 Å². The van der Waals surface area contributed by atoms with Crippen molar-refractivity contribution in [1.29, 1.82) is 0 Å². The summed E-state index contributed by atoms with van der Waals surface area (Å²) in [6, 6.07) is 6.65. The van der Waals surface area contributed by atoms with Crippen molar-refractivity contribution in [3.05, 3.63) is 51.3 Å². The fraction of sp³-hybridized carbons (Fsp3) is 0.526. The van der Waals surface area contributed by atoms with Crippen LogP contribution in [-0.2, 0) is 14.3 Å². The zero-order valence-corrected chi connectivity index (χ0v) is 14.4. The van der Waals surface area contributed by atoms with Gasteiger partial charge in [-0.2, -0.15) is 0 Å². The van der Waals surface area contributed by atoms with Crippen molar-refractivity contribution < 1.29 is 19.2 Å². The minimum atomic E-state index is -0.457. The van der Waals surface area contributed by atoms with E-state index in [0.717, 1.165) is 19.3 Å². The predicted octanol–water partition coefficient (Wildman–Crippen LogP) is 4.25.